The molecule has 6 aromatic carbocycles. The van der Waals surface area contributed by atoms with Crippen LogP contribution in [0.5, 0.6) is 0 Å². The predicted molar refractivity (Wildman–Crippen MR) is 179 cm³/mol. The summed E-state index contributed by atoms with van der Waals surface area (Å²) in [7, 11) is 0. The van der Waals surface area contributed by atoms with Crippen LogP contribution < -0.4 is 4.90 Å². The Morgan fingerprint density at radius 1 is 0.488 bits per heavy atom. The lowest BCUT2D eigenvalue weighted by molar-refractivity contribution is 1.000. The second-order valence-corrected chi connectivity index (χ2v) is 12.0. The molecule has 204 valence electrons. The second kappa shape index (κ2) is 9.38. The molecule has 0 spiro atoms. The van der Waals surface area contributed by atoms with E-state index < -0.39 is 0 Å². The fourth-order valence-electron chi connectivity index (χ4n) is 6.58. The summed E-state index contributed by atoms with van der Waals surface area (Å²) < 4.78 is 4.62. The minimum Gasteiger partial charge on any atom is -0.309 e. The van der Waals surface area contributed by atoms with Crippen LogP contribution in [0.25, 0.3) is 44.2 Å². The van der Waals surface area contributed by atoms with Gasteiger partial charge in [0.15, 0.2) is 0 Å². The summed E-state index contributed by atoms with van der Waals surface area (Å²) in [5.74, 6) is 0.979. The Balaban J connectivity index is 1.28. The van der Waals surface area contributed by atoms with Gasteiger partial charge >= 0.3 is 0 Å². The van der Waals surface area contributed by atoms with Crippen molar-refractivity contribution in [1.29, 1.82) is 0 Å². The Hall–Kier alpha value is -5.26. The lowest BCUT2D eigenvalue weighted by Crippen LogP contribution is -2.15. The highest BCUT2D eigenvalue weighted by molar-refractivity contribution is 7.99. The minimum absolute atomic E-state index is 0.979. The van der Waals surface area contributed by atoms with Gasteiger partial charge in [0.05, 0.1) is 33.4 Å². The molecule has 9 rings (SSSR count). The summed E-state index contributed by atoms with van der Waals surface area (Å²) in [5.41, 5.74) is 10.3. The maximum atomic E-state index is 5.03. The van der Waals surface area contributed by atoms with Crippen LogP contribution in [-0.2, 0) is 0 Å². The third kappa shape index (κ3) is 3.68. The van der Waals surface area contributed by atoms with Gasteiger partial charge in [0, 0.05) is 37.6 Å². The van der Waals surface area contributed by atoms with Gasteiger partial charge in [-0.3, -0.25) is 4.57 Å². The molecular weight excluding hydrogens is 545 g/mol. The van der Waals surface area contributed by atoms with E-state index in [1.54, 1.807) is 0 Å². The molecule has 0 N–H and O–H groups in total. The first-order chi connectivity index (χ1) is 21.2. The Bertz CT molecular complexity index is 2330. The lowest BCUT2D eigenvalue weighted by atomic mass is 10.1. The third-order valence-electron chi connectivity index (χ3n) is 8.41. The van der Waals surface area contributed by atoms with Gasteiger partial charge in [-0.15, -0.1) is 0 Å². The minimum atomic E-state index is 0.979. The van der Waals surface area contributed by atoms with Crippen molar-refractivity contribution in [1.82, 2.24) is 14.1 Å². The maximum Gasteiger partial charge on any atom is 0.111 e. The van der Waals surface area contributed by atoms with Crippen LogP contribution in [0.1, 0.15) is 5.82 Å². The molecule has 0 bridgehead atoms. The topological polar surface area (TPSA) is 26.0 Å². The van der Waals surface area contributed by atoms with Gasteiger partial charge in [-0.25, -0.2) is 4.98 Å². The number of hydrogen-bond acceptors (Lipinski definition) is 3. The Morgan fingerprint density at radius 3 is 1.98 bits per heavy atom. The van der Waals surface area contributed by atoms with E-state index in [1.807, 2.05) is 11.8 Å². The zero-order valence-electron chi connectivity index (χ0n) is 23.5. The number of para-hydroxylation sites is 4. The number of rotatable bonds is 3. The average Bonchev–Trinajstić information content (AvgIpc) is 3.56. The number of imidazole rings is 1. The number of hydrogen-bond donors (Lipinski definition) is 0. The standard InChI is InChI=1S/C38H26N4S/c1-25-39-31-23-36-38(24-35(31)40(25)26-12-4-2-5-13-26)43-37-19-11-10-18-34(37)42(36)28-20-21-33-30(22-28)29-16-8-9-17-32(29)41(33)27-14-6-3-7-15-27/h2-24H,1H3. The maximum absolute atomic E-state index is 5.03. The predicted octanol–water partition coefficient (Wildman–Crippen LogP) is 10.4. The van der Waals surface area contributed by atoms with Gasteiger partial charge < -0.3 is 9.47 Å². The van der Waals surface area contributed by atoms with E-state index in [2.05, 4.69) is 160 Å². The van der Waals surface area contributed by atoms with E-state index in [-0.39, 0.29) is 0 Å². The molecule has 0 saturated heterocycles. The van der Waals surface area contributed by atoms with Crippen molar-refractivity contribution in [3.05, 3.63) is 145 Å². The molecular formula is C38H26N4S. The number of aryl methyl sites for hydroxylation is 1. The van der Waals surface area contributed by atoms with E-state index in [9.17, 15) is 0 Å². The summed E-state index contributed by atoms with van der Waals surface area (Å²) in [6.45, 7) is 2.09. The van der Waals surface area contributed by atoms with Crippen LogP contribution in [-0.4, -0.2) is 14.1 Å². The first kappa shape index (κ1) is 24.3. The van der Waals surface area contributed by atoms with Crippen LogP contribution in [0, 0.1) is 6.92 Å². The first-order valence-corrected chi connectivity index (χ1v) is 15.3. The van der Waals surface area contributed by atoms with Gasteiger partial charge in [0.1, 0.15) is 5.82 Å². The van der Waals surface area contributed by atoms with Crippen molar-refractivity contribution in [2.75, 3.05) is 4.90 Å². The molecule has 8 aromatic rings. The van der Waals surface area contributed by atoms with Crippen molar-refractivity contribution < 1.29 is 0 Å². The lowest BCUT2D eigenvalue weighted by Gasteiger charge is -2.33. The number of aromatic nitrogens is 3. The summed E-state index contributed by atoms with van der Waals surface area (Å²) in [6, 6.07) is 50.0. The van der Waals surface area contributed by atoms with Crippen molar-refractivity contribution in [2.24, 2.45) is 0 Å². The number of fused-ring (bicyclic) bond motifs is 6. The quantitative estimate of drug-likeness (QED) is 0.211. The molecule has 0 amide bonds. The van der Waals surface area contributed by atoms with Crippen molar-refractivity contribution in [3.63, 3.8) is 0 Å². The molecule has 1 aliphatic heterocycles. The fourth-order valence-corrected chi connectivity index (χ4v) is 7.66. The molecule has 0 saturated carbocycles. The van der Waals surface area contributed by atoms with E-state index in [0.29, 0.717) is 0 Å². The third-order valence-corrected chi connectivity index (χ3v) is 9.53. The van der Waals surface area contributed by atoms with Crippen LogP contribution in [0.3, 0.4) is 0 Å². The Labute approximate surface area is 253 Å². The van der Waals surface area contributed by atoms with Crippen molar-refractivity contribution >= 4 is 61.7 Å². The molecule has 0 unspecified atom stereocenters. The molecule has 0 fully saturated rings. The highest BCUT2D eigenvalue weighted by Crippen LogP contribution is 2.53. The van der Waals surface area contributed by atoms with Crippen LogP contribution in [0.15, 0.2) is 149 Å². The molecule has 2 aromatic heterocycles. The summed E-state index contributed by atoms with van der Waals surface area (Å²) in [5, 5.41) is 2.48. The molecule has 0 radical (unpaired) electrons. The molecule has 5 heteroatoms. The zero-order valence-corrected chi connectivity index (χ0v) is 24.3. The first-order valence-electron chi connectivity index (χ1n) is 14.5. The monoisotopic (exact) mass is 570 g/mol. The average molecular weight is 571 g/mol. The number of benzene rings is 6. The normalized spacial score (nSPS) is 12.6. The fraction of sp³-hybridized carbons (Fsp3) is 0.0263. The van der Waals surface area contributed by atoms with Gasteiger partial charge in [0.2, 0.25) is 0 Å². The largest absolute Gasteiger partial charge is 0.309 e. The van der Waals surface area contributed by atoms with Gasteiger partial charge in [-0.1, -0.05) is 78.5 Å². The van der Waals surface area contributed by atoms with Crippen molar-refractivity contribution in [3.8, 4) is 11.4 Å². The molecule has 43 heavy (non-hydrogen) atoms. The van der Waals surface area contributed by atoms with E-state index in [0.717, 1.165) is 33.9 Å². The molecule has 1 aliphatic rings. The highest BCUT2D eigenvalue weighted by atomic mass is 32.2. The smallest absolute Gasteiger partial charge is 0.111 e. The zero-order chi connectivity index (χ0) is 28.5. The highest BCUT2D eigenvalue weighted by Gasteiger charge is 2.27. The van der Waals surface area contributed by atoms with Crippen LogP contribution >= 0.6 is 11.8 Å². The van der Waals surface area contributed by atoms with E-state index in [1.165, 1.54) is 43.0 Å². The number of anilines is 3. The molecule has 3 heterocycles. The van der Waals surface area contributed by atoms with Crippen molar-refractivity contribution in [2.45, 2.75) is 16.7 Å². The summed E-state index contributed by atoms with van der Waals surface area (Å²) >= 11 is 1.83. The molecule has 0 atom stereocenters. The molecule has 0 aliphatic carbocycles. The van der Waals surface area contributed by atoms with E-state index >= 15 is 0 Å². The van der Waals surface area contributed by atoms with E-state index in [4.69, 9.17) is 4.98 Å². The Kier molecular flexibility index (Phi) is 5.31. The van der Waals surface area contributed by atoms with Gasteiger partial charge in [-0.05, 0) is 79.7 Å². The second-order valence-electron chi connectivity index (χ2n) is 10.9. The number of nitrogens with zero attached hydrogens (tertiary/aromatic N) is 4. The summed E-state index contributed by atoms with van der Waals surface area (Å²) in [4.78, 5) is 9.90. The Morgan fingerprint density at radius 2 is 1.16 bits per heavy atom. The van der Waals surface area contributed by atoms with Crippen LogP contribution in [0.2, 0.25) is 0 Å². The summed E-state index contributed by atoms with van der Waals surface area (Å²) in [6.07, 6.45) is 0. The van der Waals surface area contributed by atoms with Crippen LogP contribution in [0.4, 0.5) is 17.1 Å². The van der Waals surface area contributed by atoms with Gasteiger partial charge in [-0.2, -0.15) is 0 Å². The SMILES string of the molecule is Cc1nc2cc3c(cc2n1-c1ccccc1)Sc1ccccc1N3c1ccc2c(c1)c1ccccc1n2-c1ccccc1. The molecule has 4 nitrogen and oxygen atoms in total. The van der Waals surface area contributed by atoms with Gasteiger partial charge in [0.25, 0.3) is 0 Å².